The van der Waals surface area contributed by atoms with Gasteiger partial charge in [-0.05, 0) is 25.5 Å². The molecular weight excluding hydrogens is 194 g/mol. The molecule has 0 spiro atoms. The molecule has 1 radical (unpaired) electrons. The van der Waals surface area contributed by atoms with Crippen molar-refractivity contribution in [2.45, 2.75) is 39.2 Å². The summed E-state index contributed by atoms with van der Waals surface area (Å²) in [7, 11) is 0. The van der Waals surface area contributed by atoms with Gasteiger partial charge in [0.25, 0.3) is 0 Å². The van der Waals surface area contributed by atoms with Gasteiger partial charge in [-0.15, -0.1) is 0 Å². The predicted octanol–water partition coefficient (Wildman–Crippen LogP) is 4.13. The average molecular weight is 211 g/mol. The molecule has 1 aromatic rings. The second-order valence-corrected chi connectivity index (χ2v) is 4.02. The Kier molecular flexibility index (Phi) is 4.81. The second kappa shape index (κ2) is 5.92. The first kappa shape index (κ1) is 11.4. The Morgan fingerprint density at radius 1 is 1.57 bits per heavy atom. The molecule has 0 heterocycles. The van der Waals surface area contributed by atoms with Gasteiger partial charge in [-0.2, -0.15) is 0 Å². The van der Waals surface area contributed by atoms with E-state index in [0.717, 1.165) is 5.69 Å². The summed E-state index contributed by atoms with van der Waals surface area (Å²) in [6, 6.07) is 9.17. The zero-order valence-electron chi connectivity index (χ0n) is 8.81. The highest BCUT2D eigenvalue weighted by atomic mass is 35.5. The zero-order chi connectivity index (χ0) is 10.4. The number of hydrogen-bond acceptors (Lipinski definition) is 1. The fourth-order valence-electron chi connectivity index (χ4n) is 1.39. The maximum atomic E-state index is 5.84. The Morgan fingerprint density at radius 3 is 3.00 bits per heavy atom. The Morgan fingerprint density at radius 2 is 2.36 bits per heavy atom. The summed E-state index contributed by atoms with van der Waals surface area (Å²) >= 11 is 5.84. The predicted molar refractivity (Wildman–Crippen MR) is 62.9 cm³/mol. The molecule has 1 aromatic carbocycles. The van der Waals surface area contributed by atoms with Crippen molar-refractivity contribution in [3.8, 4) is 0 Å². The molecule has 2 heteroatoms. The summed E-state index contributed by atoms with van der Waals surface area (Å²) in [5.41, 5.74) is 1.08. The zero-order valence-corrected chi connectivity index (χ0v) is 9.56. The summed E-state index contributed by atoms with van der Waals surface area (Å²) in [4.78, 5) is 0. The lowest BCUT2D eigenvalue weighted by Gasteiger charge is -2.14. The van der Waals surface area contributed by atoms with E-state index in [4.69, 9.17) is 11.6 Å². The third kappa shape index (κ3) is 4.01. The molecule has 0 aliphatic carbocycles. The van der Waals surface area contributed by atoms with E-state index in [-0.39, 0.29) is 0 Å². The molecule has 0 saturated heterocycles. The first-order valence-corrected chi connectivity index (χ1v) is 5.54. The topological polar surface area (TPSA) is 12.0 Å². The third-order valence-electron chi connectivity index (χ3n) is 2.17. The standard InChI is InChI=1S/C12H17ClN/c1-3-4-6-10(2)14-12-8-5-7-11(13)9-12/h5,8-10,14H,3-4,6H2,1-2H3. The smallest absolute Gasteiger partial charge is 0.0505 e. The van der Waals surface area contributed by atoms with Crippen LogP contribution in [0.15, 0.2) is 18.2 Å². The first-order chi connectivity index (χ1) is 6.72. The number of hydrogen-bond donors (Lipinski definition) is 1. The van der Waals surface area contributed by atoms with Gasteiger partial charge in [0, 0.05) is 17.8 Å². The average Bonchev–Trinajstić information content (AvgIpc) is 2.15. The molecule has 1 unspecified atom stereocenters. The van der Waals surface area contributed by atoms with Crippen LogP contribution in [-0.2, 0) is 0 Å². The fourth-order valence-corrected chi connectivity index (χ4v) is 1.57. The Balaban J connectivity index is 2.43. The van der Waals surface area contributed by atoms with E-state index < -0.39 is 0 Å². The molecular formula is C12H17ClN. The lowest BCUT2D eigenvalue weighted by atomic mass is 10.1. The number of halogens is 1. The van der Waals surface area contributed by atoms with Gasteiger partial charge >= 0.3 is 0 Å². The quantitative estimate of drug-likeness (QED) is 0.771. The lowest BCUT2D eigenvalue weighted by Crippen LogP contribution is -2.14. The molecule has 1 atom stereocenters. The molecule has 0 aromatic heterocycles. The second-order valence-electron chi connectivity index (χ2n) is 3.61. The van der Waals surface area contributed by atoms with Gasteiger partial charge in [0.1, 0.15) is 0 Å². The fraction of sp³-hybridized carbons (Fsp3) is 0.500. The van der Waals surface area contributed by atoms with E-state index in [1.807, 2.05) is 18.2 Å². The van der Waals surface area contributed by atoms with Gasteiger partial charge in [-0.3, -0.25) is 0 Å². The van der Waals surface area contributed by atoms with Crippen LogP contribution in [0.25, 0.3) is 0 Å². The minimum atomic E-state index is 0.508. The Labute approximate surface area is 91.5 Å². The van der Waals surface area contributed by atoms with E-state index in [1.54, 1.807) is 0 Å². The monoisotopic (exact) mass is 210 g/mol. The van der Waals surface area contributed by atoms with E-state index in [0.29, 0.717) is 11.1 Å². The lowest BCUT2D eigenvalue weighted by molar-refractivity contribution is 0.645. The number of benzene rings is 1. The molecule has 0 saturated carbocycles. The van der Waals surface area contributed by atoms with Crippen molar-refractivity contribution in [2.75, 3.05) is 5.32 Å². The van der Waals surface area contributed by atoms with Crippen LogP contribution in [0.1, 0.15) is 33.1 Å². The highest BCUT2D eigenvalue weighted by molar-refractivity contribution is 6.30. The number of anilines is 1. The van der Waals surface area contributed by atoms with Crippen LogP contribution in [0, 0.1) is 6.07 Å². The number of unbranched alkanes of at least 4 members (excludes halogenated alkanes) is 1. The first-order valence-electron chi connectivity index (χ1n) is 5.16. The van der Waals surface area contributed by atoms with Crippen molar-refractivity contribution in [3.05, 3.63) is 29.3 Å². The van der Waals surface area contributed by atoms with E-state index in [9.17, 15) is 0 Å². The van der Waals surface area contributed by atoms with Crippen molar-refractivity contribution in [1.29, 1.82) is 0 Å². The van der Waals surface area contributed by atoms with Crippen LogP contribution in [0.2, 0.25) is 5.02 Å². The Bertz CT molecular complexity index is 273. The molecule has 1 N–H and O–H groups in total. The van der Waals surface area contributed by atoms with Crippen molar-refractivity contribution in [2.24, 2.45) is 0 Å². The summed E-state index contributed by atoms with van der Waals surface area (Å²) in [5, 5.41) is 4.08. The van der Waals surface area contributed by atoms with Gasteiger partial charge in [-0.25, -0.2) is 0 Å². The largest absolute Gasteiger partial charge is 0.383 e. The van der Waals surface area contributed by atoms with Gasteiger partial charge in [0.2, 0.25) is 0 Å². The Hall–Kier alpha value is -0.690. The third-order valence-corrected chi connectivity index (χ3v) is 2.39. The summed E-state index contributed by atoms with van der Waals surface area (Å²) < 4.78 is 0. The minimum absolute atomic E-state index is 0.508. The van der Waals surface area contributed by atoms with Crippen LogP contribution in [0.4, 0.5) is 5.69 Å². The molecule has 0 bridgehead atoms. The molecule has 77 valence electrons. The van der Waals surface area contributed by atoms with Crippen LogP contribution in [0.3, 0.4) is 0 Å². The van der Waals surface area contributed by atoms with E-state index in [2.05, 4.69) is 25.2 Å². The van der Waals surface area contributed by atoms with Crippen LogP contribution < -0.4 is 5.32 Å². The van der Waals surface area contributed by atoms with E-state index >= 15 is 0 Å². The number of rotatable bonds is 5. The molecule has 0 amide bonds. The maximum absolute atomic E-state index is 5.84. The summed E-state index contributed by atoms with van der Waals surface area (Å²) in [6.45, 7) is 4.40. The van der Waals surface area contributed by atoms with Crippen molar-refractivity contribution in [3.63, 3.8) is 0 Å². The van der Waals surface area contributed by atoms with Crippen molar-refractivity contribution < 1.29 is 0 Å². The number of nitrogens with one attached hydrogen (secondary N) is 1. The van der Waals surface area contributed by atoms with Crippen molar-refractivity contribution >= 4 is 17.3 Å². The highest BCUT2D eigenvalue weighted by Crippen LogP contribution is 2.16. The SMILES string of the molecule is CCCCC(C)Nc1cc[c]c(Cl)c1. The normalized spacial score (nSPS) is 12.5. The van der Waals surface area contributed by atoms with Gasteiger partial charge in [-0.1, -0.05) is 37.4 Å². The minimum Gasteiger partial charge on any atom is -0.383 e. The van der Waals surface area contributed by atoms with Gasteiger partial charge < -0.3 is 5.32 Å². The van der Waals surface area contributed by atoms with Crippen LogP contribution in [-0.4, -0.2) is 6.04 Å². The maximum Gasteiger partial charge on any atom is 0.0505 e. The molecule has 0 aliphatic rings. The van der Waals surface area contributed by atoms with Crippen molar-refractivity contribution in [1.82, 2.24) is 0 Å². The van der Waals surface area contributed by atoms with Crippen LogP contribution in [0.5, 0.6) is 0 Å². The van der Waals surface area contributed by atoms with Crippen LogP contribution >= 0.6 is 11.6 Å². The molecule has 1 nitrogen and oxygen atoms in total. The molecule has 1 rings (SSSR count). The summed E-state index contributed by atoms with van der Waals surface area (Å²) in [6.07, 6.45) is 3.71. The molecule has 14 heavy (non-hydrogen) atoms. The van der Waals surface area contributed by atoms with Gasteiger partial charge in [0.05, 0.1) is 5.02 Å². The van der Waals surface area contributed by atoms with Gasteiger partial charge in [0.15, 0.2) is 0 Å². The summed E-state index contributed by atoms with van der Waals surface area (Å²) in [5.74, 6) is 0. The molecule has 0 aliphatic heterocycles. The van der Waals surface area contributed by atoms with E-state index in [1.165, 1.54) is 19.3 Å². The molecule has 0 fully saturated rings. The highest BCUT2D eigenvalue weighted by Gasteiger charge is 2.01.